The highest BCUT2D eigenvalue weighted by Gasteiger charge is 2.26. The molecule has 200 valence electrons. The van der Waals surface area contributed by atoms with Gasteiger partial charge in [-0.1, -0.05) is 25.1 Å². The zero-order chi connectivity index (χ0) is 26.4. The number of anilines is 2. The fourth-order valence-electron chi connectivity index (χ4n) is 5.04. The molecule has 0 aliphatic carbocycles. The van der Waals surface area contributed by atoms with Crippen LogP contribution in [-0.2, 0) is 16.1 Å². The molecule has 0 bridgehead atoms. The predicted octanol–water partition coefficient (Wildman–Crippen LogP) is 2.98. The number of amides is 2. The highest BCUT2D eigenvalue weighted by atomic mass is 16.5. The van der Waals surface area contributed by atoms with Crippen molar-refractivity contribution in [2.45, 2.75) is 39.7 Å². The number of methoxy groups -OCH3 is 1. The van der Waals surface area contributed by atoms with Crippen molar-refractivity contribution >= 4 is 23.5 Å². The van der Waals surface area contributed by atoms with Crippen molar-refractivity contribution in [1.82, 2.24) is 19.8 Å². The molecule has 2 aliphatic rings. The number of rotatable bonds is 4. The van der Waals surface area contributed by atoms with E-state index in [1.54, 1.807) is 11.1 Å². The van der Waals surface area contributed by atoms with Gasteiger partial charge < -0.3 is 24.3 Å². The zero-order valence-electron chi connectivity index (χ0n) is 22.7. The summed E-state index contributed by atoms with van der Waals surface area (Å²) in [5.41, 5.74) is 2.98. The Labute approximate surface area is 220 Å². The predicted molar refractivity (Wildman–Crippen MR) is 145 cm³/mol. The summed E-state index contributed by atoms with van der Waals surface area (Å²) in [4.78, 5) is 44.2. The lowest BCUT2D eigenvalue weighted by Crippen LogP contribution is -2.38. The van der Waals surface area contributed by atoms with Crippen molar-refractivity contribution < 1.29 is 14.3 Å². The molecule has 0 unspecified atom stereocenters. The number of piperidine rings is 1. The first kappa shape index (κ1) is 27.0. The molecule has 0 N–H and O–H groups in total. The second-order valence-corrected chi connectivity index (χ2v) is 10.3. The molecule has 37 heavy (non-hydrogen) atoms. The summed E-state index contributed by atoms with van der Waals surface area (Å²) in [5.74, 6) is 1.26. The van der Waals surface area contributed by atoms with E-state index in [0.29, 0.717) is 36.8 Å². The van der Waals surface area contributed by atoms with Crippen molar-refractivity contribution in [3.63, 3.8) is 0 Å². The van der Waals surface area contributed by atoms with E-state index in [9.17, 15) is 9.59 Å². The van der Waals surface area contributed by atoms with Gasteiger partial charge in [0.15, 0.2) is 0 Å². The molecule has 0 spiro atoms. The molecule has 3 heterocycles. The largest absolute Gasteiger partial charge is 0.375 e. The Morgan fingerprint density at radius 2 is 1.81 bits per heavy atom. The van der Waals surface area contributed by atoms with Gasteiger partial charge in [0.1, 0.15) is 6.61 Å². The van der Waals surface area contributed by atoms with E-state index in [0.717, 1.165) is 62.6 Å². The second kappa shape index (κ2) is 12.5. The molecule has 2 amide bonds. The third kappa shape index (κ3) is 6.64. The molecule has 0 atom stereocenters. The molecular weight excluding hydrogens is 468 g/mol. The van der Waals surface area contributed by atoms with E-state index in [2.05, 4.69) is 28.8 Å². The summed E-state index contributed by atoms with van der Waals surface area (Å²) in [7, 11) is 3.59. The maximum Gasteiger partial charge on any atom is 0.257 e. The van der Waals surface area contributed by atoms with Gasteiger partial charge in [-0.3, -0.25) is 9.59 Å². The maximum atomic E-state index is 13.8. The smallest absolute Gasteiger partial charge is 0.257 e. The average Bonchev–Trinajstić information content (AvgIpc) is 2.92. The molecule has 9 heteroatoms. The van der Waals surface area contributed by atoms with Crippen LogP contribution in [0.3, 0.4) is 0 Å². The van der Waals surface area contributed by atoms with Gasteiger partial charge in [-0.15, -0.1) is 0 Å². The zero-order valence-corrected chi connectivity index (χ0v) is 22.7. The Balaban J connectivity index is 1.61. The summed E-state index contributed by atoms with van der Waals surface area (Å²) in [5, 5.41) is 0. The maximum absolute atomic E-state index is 13.8. The van der Waals surface area contributed by atoms with Crippen molar-refractivity contribution in [3.8, 4) is 0 Å². The number of aromatic nitrogens is 2. The molecule has 1 aromatic heterocycles. The van der Waals surface area contributed by atoms with E-state index in [1.165, 1.54) is 7.11 Å². The Bertz CT molecular complexity index is 1090. The Morgan fingerprint density at radius 1 is 1.05 bits per heavy atom. The fourth-order valence-corrected chi connectivity index (χ4v) is 5.04. The number of nitrogens with zero attached hydrogens (tertiary/aromatic N) is 6. The van der Waals surface area contributed by atoms with Gasteiger partial charge in [0, 0.05) is 58.3 Å². The van der Waals surface area contributed by atoms with Crippen LogP contribution >= 0.6 is 0 Å². The highest BCUT2D eigenvalue weighted by Crippen LogP contribution is 2.25. The number of carbonyl (C=O) groups excluding carboxylic acids is 2. The Hall–Kier alpha value is -3.04. The lowest BCUT2D eigenvalue weighted by molar-refractivity contribution is -0.122. The van der Waals surface area contributed by atoms with Crippen molar-refractivity contribution in [2.24, 2.45) is 5.92 Å². The van der Waals surface area contributed by atoms with Crippen LogP contribution in [0.15, 0.2) is 30.5 Å². The summed E-state index contributed by atoms with van der Waals surface area (Å²) < 4.78 is 5.15. The number of likely N-dealkylation sites (N-methyl/N-ethyl adjacent to an activating group) is 1. The van der Waals surface area contributed by atoms with Gasteiger partial charge in [-0.05, 0) is 57.3 Å². The van der Waals surface area contributed by atoms with E-state index in [1.807, 2.05) is 36.1 Å². The minimum absolute atomic E-state index is 0.0195. The highest BCUT2D eigenvalue weighted by molar-refractivity contribution is 5.96. The first-order chi connectivity index (χ1) is 17.9. The van der Waals surface area contributed by atoms with Crippen molar-refractivity contribution in [2.75, 3.05) is 69.8 Å². The SMILES string of the molecule is COCC(=O)N1CCCN(C)CCN(C(=O)c2cnc(N3CCC(C)CC3)nc2C)Cc2ccccc21. The number of benzene rings is 1. The molecule has 1 fully saturated rings. The molecule has 0 saturated carbocycles. The Kier molecular flexibility index (Phi) is 9.10. The molecule has 1 saturated heterocycles. The number of ether oxygens (including phenoxy) is 1. The van der Waals surface area contributed by atoms with Gasteiger partial charge in [-0.2, -0.15) is 0 Å². The Morgan fingerprint density at radius 3 is 2.54 bits per heavy atom. The third-order valence-corrected chi connectivity index (χ3v) is 7.44. The van der Waals surface area contributed by atoms with Gasteiger partial charge in [-0.25, -0.2) is 9.97 Å². The first-order valence-electron chi connectivity index (χ1n) is 13.3. The minimum atomic E-state index is -0.0893. The molecule has 9 nitrogen and oxygen atoms in total. The summed E-state index contributed by atoms with van der Waals surface area (Å²) in [6, 6.07) is 7.83. The number of hydrogen-bond acceptors (Lipinski definition) is 7. The van der Waals surface area contributed by atoms with Gasteiger partial charge >= 0.3 is 0 Å². The molecule has 1 aromatic carbocycles. The van der Waals surface area contributed by atoms with Gasteiger partial charge in [0.05, 0.1) is 11.3 Å². The van der Waals surface area contributed by atoms with Crippen molar-refractivity contribution in [3.05, 3.63) is 47.3 Å². The average molecular weight is 509 g/mol. The van der Waals surface area contributed by atoms with Crippen LogP contribution in [-0.4, -0.2) is 91.6 Å². The summed E-state index contributed by atoms with van der Waals surface area (Å²) in [6.45, 7) is 9.21. The van der Waals surface area contributed by atoms with Crippen LogP contribution in [0.5, 0.6) is 0 Å². The topological polar surface area (TPSA) is 82.1 Å². The standard InChI is InChI=1S/C28H40N6O3/c1-21-10-14-32(15-11-21)28-29-18-24(22(2)30-28)27(36)33-17-16-31(3)12-7-13-34(26(35)20-37-4)25-9-6-5-8-23(25)19-33/h5-6,8-9,18,21H,7,10-17,19-20H2,1-4H3. The lowest BCUT2D eigenvalue weighted by Gasteiger charge is -2.31. The molecule has 2 aromatic rings. The normalized spacial score (nSPS) is 18.3. The fraction of sp³-hybridized carbons (Fsp3) is 0.571. The van der Waals surface area contributed by atoms with Crippen LogP contribution in [0.4, 0.5) is 11.6 Å². The summed E-state index contributed by atoms with van der Waals surface area (Å²) >= 11 is 0. The molecule has 4 rings (SSSR count). The second-order valence-electron chi connectivity index (χ2n) is 10.3. The van der Waals surface area contributed by atoms with E-state index in [4.69, 9.17) is 9.72 Å². The van der Waals surface area contributed by atoms with Gasteiger partial charge in [0.25, 0.3) is 11.8 Å². The third-order valence-electron chi connectivity index (χ3n) is 7.44. The van der Waals surface area contributed by atoms with E-state index < -0.39 is 0 Å². The van der Waals surface area contributed by atoms with Crippen LogP contribution in [0.2, 0.25) is 0 Å². The van der Waals surface area contributed by atoms with Crippen LogP contribution in [0, 0.1) is 12.8 Å². The molecule has 0 radical (unpaired) electrons. The number of hydrogen-bond donors (Lipinski definition) is 0. The van der Waals surface area contributed by atoms with Crippen LogP contribution in [0.25, 0.3) is 0 Å². The first-order valence-corrected chi connectivity index (χ1v) is 13.3. The monoisotopic (exact) mass is 508 g/mol. The minimum Gasteiger partial charge on any atom is -0.375 e. The molecular formula is C28H40N6O3. The molecule has 2 aliphatic heterocycles. The van der Waals surface area contributed by atoms with Crippen LogP contribution < -0.4 is 9.80 Å². The van der Waals surface area contributed by atoms with Crippen molar-refractivity contribution in [1.29, 1.82) is 0 Å². The number of carbonyl (C=O) groups is 2. The number of aryl methyl sites for hydroxylation is 1. The number of fused-ring (bicyclic) bond motifs is 1. The summed E-state index contributed by atoms with van der Waals surface area (Å²) in [6.07, 6.45) is 4.78. The quantitative estimate of drug-likeness (QED) is 0.628. The number of para-hydroxylation sites is 1. The van der Waals surface area contributed by atoms with E-state index >= 15 is 0 Å². The van der Waals surface area contributed by atoms with Gasteiger partial charge in [0.2, 0.25) is 5.95 Å². The lowest BCUT2D eigenvalue weighted by atomic mass is 10.00. The van der Waals surface area contributed by atoms with E-state index in [-0.39, 0.29) is 18.4 Å². The van der Waals surface area contributed by atoms with Crippen LogP contribution in [0.1, 0.15) is 47.8 Å².